The molecular weight excluding hydrogens is 490 g/mol. The summed E-state index contributed by atoms with van der Waals surface area (Å²) in [5, 5.41) is 17.8. The molecule has 0 spiro atoms. The number of nitrogens with one attached hydrogen (secondary N) is 2. The molecule has 3 aromatic heterocycles. The lowest BCUT2D eigenvalue weighted by molar-refractivity contribution is 0.0944. The zero-order valence-electron chi connectivity index (χ0n) is 20.6. The van der Waals surface area contributed by atoms with E-state index in [0.29, 0.717) is 17.7 Å². The molecule has 0 unspecified atom stereocenters. The van der Waals surface area contributed by atoms with Gasteiger partial charge < -0.3 is 15.2 Å². The zero-order chi connectivity index (χ0) is 26.6. The molecule has 2 aromatic carbocycles. The van der Waals surface area contributed by atoms with Gasteiger partial charge in [-0.25, -0.2) is 14.8 Å². The van der Waals surface area contributed by atoms with Crippen molar-refractivity contribution in [1.29, 1.82) is 0 Å². The summed E-state index contributed by atoms with van der Waals surface area (Å²) in [5.41, 5.74) is 3.63. The van der Waals surface area contributed by atoms with E-state index in [4.69, 9.17) is 4.52 Å². The lowest BCUT2D eigenvalue weighted by atomic mass is 10.0. The van der Waals surface area contributed by atoms with Crippen LogP contribution in [0, 0.1) is 0 Å². The molecular formula is C25H23N9O4. The molecule has 0 aliphatic rings. The van der Waals surface area contributed by atoms with Gasteiger partial charge in [-0.3, -0.25) is 9.59 Å². The maximum atomic E-state index is 12.8. The summed E-state index contributed by atoms with van der Waals surface area (Å²) in [5.74, 6) is -0.893. The number of hydrogen-bond acceptors (Lipinski definition) is 9. The van der Waals surface area contributed by atoms with Gasteiger partial charge in [-0.15, -0.1) is 0 Å². The molecule has 0 aliphatic heterocycles. The SMILES string of the molecule is CCc1cc(-n2nnn(C)c2=O)ccc1CNC(=O)c1cc(C(=O)NCc2ccc3cnoc3c2)ncn1. The second-order valence-corrected chi connectivity index (χ2v) is 8.46. The van der Waals surface area contributed by atoms with Crippen molar-refractivity contribution in [3.8, 4) is 5.69 Å². The minimum atomic E-state index is -0.450. The maximum absolute atomic E-state index is 12.8. The summed E-state index contributed by atoms with van der Waals surface area (Å²) in [6.45, 7) is 2.45. The van der Waals surface area contributed by atoms with Crippen LogP contribution in [0.5, 0.6) is 0 Å². The topological polar surface area (TPSA) is 163 Å². The Bertz CT molecular complexity index is 1700. The van der Waals surface area contributed by atoms with E-state index in [-0.39, 0.29) is 30.2 Å². The third-order valence-corrected chi connectivity index (χ3v) is 5.98. The molecule has 5 rings (SSSR count). The lowest BCUT2D eigenvalue weighted by Crippen LogP contribution is -2.27. The van der Waals surface area contributed by atoms with Crippen LogP contribution in [0.2, 0.25) is 0 Å². The van der Waals surface area contributed by atoms with Crippen molar-refractivity contribution in [2.75, 3.05) is 0 Å². The number of aromatic nitrogens is 7. The fraction of sp³-hybridized carbons (Fsp3) is 0.200. The predicted octanol–water partition coefficient (Wildman–Crippen LogP) is 1.32. The quantitative estimate of drug-likeness (QED) is 0.311. The van der Waals surface area contributed by atoms with Crippen LogP contribution in [0.3, 0.4) is 0 Å². The summed E-state index contributed by atoms with van der Waals surface area (Å²) < 4.78 is 7.50. The van der Waals surface area contributed by atoms with E-state index in [1.165, 1.54) is 24.1 Å². The highest BCUT2D eigenvalue weighted by molar-refractivity contribution is 5.97. The largest absolute Gasteiger partial charge is 0.368 e. The molecule has 0 bridgehead atoms. The van der Waals surface area contributed by atoms with Gasteiger partial charge in [-0.05, 0) is 57.8 Å². The van der Waals surface area contributed by atoms with Gasteiger partial charge in [0.15, 0.2) is 5.58 Å². The van der Waals surface area contributed by atoms with Crippen molar-refractivity contribution < 1.29 is 14.1 Å². The van der Waals surface area contributed by atoms with Crippen molar-refractivity contribution in [2.24, 2.45) is 7.05 Å². The Morgan fingerprint density at radius 1 is 0.921 bits per heavy atom. The Morgan fingerprint density at radius 2 is 1.68 bits per heavy atom. The van der Waals surface area contributed by atoms with Gasteiger partial charge >= 0.3 is 5.69 Å². The van der Waals surface area contributed by atoms with Crippen LogP contribution in [0.15, 0.2) is 64.3 Å². The number of tetrazole rings is 1. The van der Waals surface area contributed by atoms with Gasteiger partial charge in [0.25, 0.3) is 11.8 Å². The molecule has 38 heavy (non-hydrogen) atoms. The van der Waals surface area contributed by atoms with Gasteiger partial charge in [0.05, 0.1) is 11.9 Å². The monoisotopic (exact) mass is 513 g/mol. The highest BCUT2D eigenvalue weighted by atomic mass is 16.5. The molecule has 3 heterocycles. The van der Waals surface area contributed by atoms with Crippen LogP contribution in [0.25, 0.3) is 16.7 Å². The van der Waals surface area contributed by atoms with Crippen LogP contribution < -0.4 is 16.3 Å². The van der Waals surface area contributed by atoms with Gasteiger partial charge in [0, 0.05) is 31.6 Å². The first-order valence-corrected chi connectivity index (χ1v) is 11.8. The minimum Gasteiger partial charge on any atom is -0.356 e. The second kappa shape index (κ2) is 10.4. The fourth-order valence-electron chi connectivity index (χ4n) is 3.88. The molecule has 0 radical (unpaired) electrons. The summed E-state index contributed by atoms with van der Waals surface area (Å²) in [6, 6.07) is 12.3. The molecule has 0 atom stereocenters. The third-order valence-electron chi connectivity index (χ3n) is 5.98. The van der Waals surface area contributed by atoms with Gasteiger partial charge in [0.2, 0.25) is 0 Å². The number of fused-ring (bicyclic) bond motifs is 1. The normalized spacial score (nSPS) is 11.0. The Hall–Kier alpha value is -5.20. The van der Waals surface area contributed by atoms with Gasteiger partial charge in [0.1, 0.15) is 17.7 Å². The third kappa shape index (κ3) is 5.02. The molecule has 2 N–H and O–H groups in total. The Labute approximate surface area is 215 Å². The van der Waals surface area contributed by atoms with Crippen LogP contribution in [0.4, 0.5) is 0 Å². The van der Waals surface area contributed by atoms with Crippen molar-refractivity contribution in [3.05, 3.63) is 93.6 Å². The van der Waals surface area contributed by atoms with E-state index >= 15 is 0 Å². The molecule has 0 fully saturated rings. The molecule has 192 valence electrons. The van der Waals surface area contributed by atoms with E-state index in [1.807, 2.05) is 31.2 Å². The molecule has 0 aliphatic carbocycles. The minimum absolute atomic E-state index is 0.0639. The van der Waals surface area contributed by atoms with Crippen LogP contribution >= 0.6 is 0 Å². The molecule has 13 heteroatoms. The zero-order valence-corrected chi connectivity index (χ0v) is 20.6. The number of rotatable bonds is 8. The van der Waals surface area contributed by atoms with E-state index < -0.39 is 11.8 Å². The second-order valence-electron chi connectivity index (χ2n) is 8.46. The Morgan fingerprint density at radius 3 is 2.39 bits per heavy atom. The summed E-state index contributed by atoms with van der Waals surface area (Å²) >= 11 is 0. The van der Waals surface area contributed by atoms with Gasteiger partial charge in [-0.1, -0.05) is 24.2 Å². The summed E-state index contributed by atoms with van der Waals surface area (Å²) in [4.78, 5) is 45.6. The molecule has 0 saturated carbocycles. The van der Waals surface area contributed by atoms with Gasteiger partial charge in [-0.2, -0.15) is 9.36 Å². The Balaban J connectivity index is 1.23. The summed E-state index contributed by atoms with van der Waals surface area (Å²) in [6.07, 6.45) is 3.47. The van der Waals surface area contributed by atoms with Crippen LogP contribution in [-0.4, -0.2) is 46.7 Å². The van der Waals surface area contributed by atoms with E-state index in [1.54, 1.807) is 18.3 Å². The standard InChI is InChI=1S/C25H23N9O4/c1-3-16-9-19(34-25(37)33(2)31-32-34)7-6-17(16)12-27-24(36)21-10-20(28-14-29-21)23(35)26-11-15-4-5-18-13-30-38-22(18)8-15/h4-10,13-14H,3,11-12H2,1-2H3,(H,26,35)(H,27,36). The average molecular weight is 514 g/mol. The van der Waals surface area contributed by atoms with Crippen LogP contribution in [0.1, 0.15) is 44.6 Å². The Kier molecular flexibility index (Phi) is 6.72. The summed E-state index contributed by atoms with van der Waals surface area (Å²) in [7, 11) is 1.53. The van der Waals surface area contributed by atoms with Crippen molar-refractivity contribution >= 4 is 22.8 Å². The number of benzene rings is 2. The maximum Gasteiger partial charge on any atom is 0.368 e. The van der Waals surface area contributed by atoms with Crippen molar-refractivity contribution in [3.63, 3.8) is 0 Å². The first kappa shape index (κ1) is 24.5. The number of amides is 2. The first-order chi connectivity index (χ1) is 18.4. The molecule has 13 nitrogen and oxygen atoms in total. The molecule has 0 saturated heterocycles. The number of carbonyl (C=O) groups is 2. The molecule has 5 aromatic rings. The number of hydrogen-bond donors (Lipinski definition) is 2. The number of carbonyl (C=O) groups excluding carboxylic acids is 2. The van der Waals surface area contributed by atoms with Crippen molar-refractivity contribution in [2.45, 2.75) is 26.4 Å². The first-order valence-electron chi connectivity index (χ1n) is 11.8. The van der Waals surface area contributed by atoms with E-state index in [0.717, 1.165) is 26.8 Å². The average Bonchev–Trinajstić information content (AvgIpc) is 3.55. The van der Waals surface area contributed by atoms with Crippen molar-refractivity contribution in [1.82, 2.24) is 45.5 Å². The smallest absolute Gasteiger partial charge is 0.356 e. The predicted molar refractivity (Wildman–Crippen MR) is 134 cm³/mol. The fourth-order valence-corrected chi connectivity index (χ4v) is 3.88. The highest BCUT2D eigenvalue weighted by Crippen LogP contribution is 2.16. The van der Waals surface area contributed by atoms with E-state index in [2.05, 4.69) is 36.2 Å². The molecule has 2 amide bonds. The number of nitrogens with zero attached hydrogens (tertiary/aromatic N) is 7. The highest BCUT2D eigenvalue weighted by Gasteiger charge is 2.15. The lowest BCUT2D eigenvalue weighted by Gasteiger charge is -2.11. The number of aryl methyl sites for hydroxylation is 2. The van der Waals surface area contributed by atoms with E-state index in [9.17, 15) is 14.4 Å². The van der Waals surface area contributed by atoms with Crippen LogP contribution in [-0.2, 0) is 26.6 Å².